The van der Waals surface area contributed by atoms with Gasteiger partial charge in [0.25, 0.3) is 6.45 Å². The number of aliphatic hydroxyl groups excluding tert-OH is 3. The first kappa shape index (κ1) is 22.0. The number of hydrogen-bond donors (Lipinski definition) is 5. The normalized spacial score (nSPS) is 26.4. The number of carbonyl (C=O) groups excluding carboxylic acids is 2. The summed E-state index contributed by atoms with van der Waals surface area (Å²) in [6.07, 6.45) is -8.61. The number of rotatable bonds is 9. The molecule has 5 unspecified atom stereocenters. The lowest BCUT2D eigenvalue weighted by Crippen LogP contribution is -2.61. The number of aliphatic hydroxyl groups is 3. The van der Waals surface area contributed by atoms with Gasteiger partial charge in [0, 0.05) is 6.42 Å². The zero-order chi connectivity index (χ0) is 23.1. The van der Waals surface area contributed by atoms with Crippen LogP contribution < -0.4 is 10.1 Å². The summed E-state index contributed by atoms with van der Waals surface area (Å²) in [5, 5.41) is 41.6. The fourth-order valence-electron chi connectivity index (χ4n) is 2.80. The van der Waals surface area contributed by atoms with E-state index in [4.69, 9.17) is 16.0 Å². The topological polar surface area (TPSA) is 172 Å². The van der Waals surface area contributed by atoms with Crippen LogP contribution in [0.2, 0.25) is 0 Å². The molecule has 11 nitrogen and oxygen atoms in total. The summed E-state index contributed by atoms with van der Waals surface area (Å²) < 4.78 is 22.0. The Labute approximate surface area is 173 Å². The van der Waals surface area contributed by atoms with E-state index in [1.807, 2.05) is 6.92 Å². The second-order valence-corrected chi connectivity index (χ2v) is 6.71. The molecule has 0 saturated carbocycles. The lowest BCUT2D eigenvalue weighted by atomic mass is 9.99. The van der Waals surface area contributed by atoms with Crippen LogP contribution in [0.25, 0.3) is 0 Å². The number of carbonyl (C=O) groups is 3. The molecule has 0 bridgehead atoms. The van der Waals surface area contributed by atoms with Gasteiger partial charge in [-0.1, -0.05) is 19.4 Å². The Kier molecular flexibility index (Phi) is 7.97. The summed E-state index contributed by atoms with van der Waals surface area (Å²) in [6, 6.07) is 4.22. The van der Waals surface area contributed by atoms with Crippen LogP contribution in [-0.4, -0.2) is 69.5 Å². The second-order valence-electron chi connectivity index (χ2n) is 6.71. The molecule has 1 heterocycles. The minimum absolute atomic E-state index is 0.0254. The Hall–Kier alpha value is -2.73. The van der Waals surface area contributed by atoms with Crippen LogP contribution in [0.3, 0.4) is 0 Å². The highest BCUT2D eigenvalue weighted by atomic mass is 16.7. The van der Waals surface area contributed by atoms with Crippen molar-refractivity contribution < 1.29 is 50.4 Å². The summed E-state index contributed by atoms with van der Waals surface area (Å²) >= 11 is 0. The smallest absolute Gasteiger partial charge is 0.335 e. The van der Waals surface area contributed by atoms with E-state index in [0.717, 1.165) is 6.42 Å². The molecule has 5 atom stereocenters. The van der Waals surface area contributed by atoms with Crippen LogP contribution >= 0.6 is 0 Å². The Balaban J connectivity index is 2.26. The van der Waals surface area contributed by atoms with Gasteiger partial charge in [-0.25, -0.2) is 4.79 Å². The van der Waals surface area contributed by atoms with Crippen molar-refractivity contribution in [1.82, 2.24) is 0 Å². The molecule has 11 heteroatoms. The minimum Gasteiger partial charge on any atom is -0.479 e. The number of amides is 1. The molecule has 1 saturated heterocycles. The maximum atomic E-state index is 12.2. The molecule has 1 aliphatic rings. The number of nitrogens with one attached hydrogen (secondary N) is 1. The summed E-state index contributed by atoms with van der Waals surface area (Å²) in [5.74, 6) is -1.93. The number of carboxylic acids is 1. The van der Waals surface area contributed by atoms with Crippen molar-refractivity contribution in [2.45, 2.75) is 63.5 Å². The summed E-state index contributed by atoms with van der Waals surface area (Å²) in [4.78, 5) is 34.2. The van der Waals surface area contributed by atoms with Crippen molar-refractivity contribution in [1.29, 1.82) is 0 Å². The highest BCUT2D eigenvalue weighted by Crippen LogP contribution is 2.31. The Morgan fingerprint density at radius 1 is 1.27 bits per heavy atom. The quantitative estimate of drug-likeness (QED) is 0.330. The van der Waals surface area contributed by atoms with E-state index >= 15 is 0 Å². The lowest BCUT2D eigenvalue weighted by molar-refractivity contribution is -0.271. The number of aliphatic carboxylic acids is 1. The van der Waals surface area contributed by atoms with Crippen LogP contribution in [0.15, 0.2) is 18.2 Å². The first-order valence-electron chi connectivity index (χ1n) is 9.79. The molecular weight excluding hydrogens is 402 g/mol. The van der Waals surface area contributed by atoms with Gasteiger partial charge in [-0.2, -0.15) is 0 Å². The number of benzene rings is 1. The molecule has 5 N–H and O–H groups in total. The molecule has 2 rings (SSSR count). The van der Waals surface area contributed by atoms with Gasteiger partial charge in [-0.05, 0) is 24.1 Å². The van der Waals surface area contributed by atoms with Crippen LogP contribution in [0.5, 0.6) is 5.75 Å². The van der Waals surface area contributed by atoms with Gasteiger partial charge in [-0.3, -0.25) is 9.59 Å². The van der Waals surface area contributed by atoms with Gasteiger partial charge < -0.3 is 40.0 Å². The maximum absolute atomic E-state index is 12.2. The van der Waals surface area contributed by atoms with E-state index in [9.17, 15) is 29.7 Å². The van der Waals surface area contributed by atoms with Gasteiger partial charge in [0.05, 0.1) is 5.69 Å². The van der Waals surface area contributed by atoms with Crippen molar-refractivity contribution in [3.05, 3.63) is 23.8 Å². The zero-order valence-corrected chi connectivity index (χ0v) is 16.2. The molecule has 1 aromatic rings. The SMILES string of the molecule is [2H]C(=O)OCc1ccc(OC2OC(C(=O)O)C(O)C(O)C2O)c(NC(=O)CCCC)c1. The number of ether oxygens (including phenoxy) is 3. The van der Waals surface area contributed by atoms with E-state index < -0.39 is 43.1 Å². The maximum Gasteiger partial charge on any atom is 0.335 e. The van der Waals surface area contributed by atoms with Crippen LogP contribution in [0.1, 0.15) is 33.1 Å². The number of carboxylic acid groups (broad SMARTS) is 1. The largest absolute Gasteiger partial charge is 0.479 e. The van der Waals surface area contributed by atoms with Crippen LogP contribution in [0.4, 0.5) is 5.69 Å². The van der Waals surface area contributed by atoms with Crippen molar-refractivity contribution >= 4 is 24.0 Å². The molecule has 30 heavy (non-hydrogen) atoms. The van der Waals surface area contributed by atoms with E-state index in [0.29, 0.717) is 12.0 Å². The summed E-state index contributed by atoms with van der Waals surface area (Å²) in [6.45, 7) is 1.67. The highest BCUT2D eigenvalue weighted by Gasteiger charge is 2.48. The van der Waals surface area contributed by atoms with Gasteiger partial charge in [0.2, 0.25) is 12.2 Å². The molecule has 1 amide bonds. The van der Waals surface area contributed by atoms with E-state index in [2.05, 4.69) is 10.1 Å². The van der Waals surface area contributed by atoms with Gasteiger partial charge >= 0.3 is 5.97 Å². The fourth-order valence-corrected chi connectivity index (χ4v) is 2.80. The molecule has 0 aromatic heterocycles. The average molecular weight is 428 g/mol. The van der Waals surface area contributed by atoms with Crippen LogP contribution in [0, 0.1) is 0 Å². The number of hydrogen-bond acceptors (Lipinski definition) is 9. The molecule has 166 valence electrons. The number of unbranched alkanes of at least 4 members (excludes halogenated alkanes) is 1. The Morgan fingerprint density at radius 2 is 2.00 bits per heavy atom. The molecule has 0 spiro atoms. The third-order valence-electron chi connectivity index (χ3n) is 4.43. The first-order valence-corrected chi connectivity index (χ1v) is 9.29. The third kappa shape index (κ3) is 5.89. The van der Waals surface area contributed by atoms with Crippen molar-refractivity contribution in [2.75, 3.05) is 5.32 Å². The van der Waals surface area contributed by atoms with E-state index in [-0.39, 0.29) is 30.4 Å². The van der Waals surface area contributed by atoms with Gasteiger partial charge in [0.15, 0.2) is 7.47 Å². The van der Waals surface area contributed by atoms with Crippen molar-refractivity contribution in [3.8, 4) is 5.75 Å². The van der Waals surface area contributed by atoms with Gasteiger partial charge in [-0.15, -0.1) is 0 Å². The first-order chi connectivity index (χ1) is 14.6. The molecular formula is C19H25NO10. The predicted octanol–water partition coefficient (Wildman–Crippen LogP) is -0.241. The van der Waals surface area contributed by atoms with E-state index in [1.165, 1.54) is 18.2 Å². The van der Waals surface area contributed by atoms with E-state index in [1.54, 1.807) is 0 Å². The zero-order valence-electron chi connectivity index (χ0n) is 17.2. The molecule has 1 fully saturated rings. The monoisotopic (exact) mass is 428 g/mol. The predicted molar refractivity (Wildman–Crippen MR) is 100 cm³/mol. The highest BCUT2D eigenvalue weighted by molar-refractivity contribution is 5.92. The summed E-state index contributed by atoms with van der Waals surface area (Å²) in [5.41, 5.74) is 0.533. The molecule has 0 radical (unpaired) electrons. The molecule has 0 aliphatic carbocycles. The fraction of sp³-hybridized carbons (Fsp3) is 0.526. The third-order valence-corrected chi connectivity index (χ3v) is 4.43. The Bertz CT molecular complexity index is 804. The standard InChI is InChI=1S/C19H25NO10/c1-2-3-4-13(22)20-11-7-10(8-28-9-21)5-6-12(11)29-19-16(25)14(23)15(24)17(30-19)18(26)27/h5-7,9,14-17,19,23-25H,2-4,8H2,1H3,(H,20,22)(H,26,27)/i9D. The van der Waals surface area contributed by atoms with Gasteiger partial charge in [0.1, 0.15) is 30.7 Å². The van der Waals surface area contributed by atoms with Crippen molar-refractivity contribution in [2.24, 2.45) is 0 Å². The molecule has 1 aromatic carbocycles. The lowest BCUT2D eigenvalue weighted by Gasteiger charge is -2.38. The second kappa shape index (κ2) is 10.9. The van der Waals surface area contributed by atoms with Crippen molar-refractivity contribution in [3.63, 3.8) is 0 Å². The minimum atomic E-state index is -1.87. The van der Waals surface area contributed by atoms with Crippen LogP contribution in [-0.2, 0) is 30.5 Å². The molecule has 1 aliphatic heterocycles. The Morgan fingerprint density at radius 3 is 2.63 bits per heavy atom. The number of anilines is 1. The summed E-state index contributed by atoms with van der Waals surface area (Å²) in [7, 11) is 0. The average Bonchev–Trinajstić information content (AvgIpc) is 2.72.